The Morgan fingerprint density at radius 1 is 1.19 bits per heavy atom. The van der Waals surface area contributed by atoms with Crippen molar-refractivity contribution in [3.05, 3.63) is 0 Å². The highest BCUT2D eigenvalue weighted by molar-refractivity contribution is 4.82. The van der Waals surface area contributed by atoms with E-state index in [0.29, 0.717) is 0 Å². The van der Waals surface area contributed by atoms with E-state index in [1.165, 1.54) is 58.2 Å². The standard InChI is InChI=1S/C14H28N2/c1-3-13-7-10-16(11-8-13)12(2)6-9-15-14-4-5-14/h12-15H,3-11H2,1-2H3. The van der Waals surface area contributed by atoms with Gasteiger partial charge in [-0.3, -0.25) is 0 Å². The first-order valence-corrected chi connectivity index (χ1v) is 7.27. The lowest BCUT2D eigenvalue weighted by Crippen LogP contribution is -2.41. The van der Waals surface area contributed by atoms with Crippen LogP contribution in [0.3, 0.4) is 0 Å². The van der Waals surface area contributed by atoms with E-state index < -0.39 is 0 Å². The number of piperidine rings is 1. The molecule has 2 heteroatoms. The Labute approximate surface area is 101 Å². The molecule has 1 heterocycles. The Hall–Kier alpha value is -0.0800. The minimum absolute atomic E-state index is 0.782. The second-order valence-electron chi connectivity index (χ2n) is 5.75. The summed E-state index contributed by atoms with van der Waals surface area (Å²) in [5.41, 5.74) is 0. The van der Waals surface area contributed by atoms with Crippen LogP contribution in [0.1, 0.15) is 52.4 Å². The van der Waals surface area contributed by atoms with Crippen molar-refractivity contribution >= 4 is 0 Å². The number of nitrogens with zero attached hydrogens (tertiary/aromatic N) is 1. The Kier molecular flexibility index (Phi) is 4.66. The van der Waals surface area contributed by atoms with Gasteiger partial charge in [-0.25, -0.2) is 0 Å². The highest BCUT2D eigenvalue weighted by atomic mass is 15.2. The molecule has 1 aliphatic heterocycles. The molecule has 0 amide bonds. The normalized spacial score (nSPS) is 25.9. The van der Waals surface area contributed by atoms with Gasteiger partial charge >= 0.3 is 0 Å². The maximum atomic E-state index is 3.62. The molecule has 1 atom stereocenters. The molecule has 16 heavy (non-hydrogen) atoms. The number of nitrogens with one attached hydrogen (secondary N) is 1. The van der Waals surface area contributed by atoms with Gasteiger partial charge in [0.15, 0.2) is 0 Å². The first-order chi connectivity index (χ1) is 7.79. The van der Waals surface area contributed by atoms with Crippen LogP contribution < -0.4 is 5.32 Å². The van der Waals surface area contributed by atoms with Crippen molar-refractivity contribution in [3.63, 3.8) is 0 Å². The van der Waals surface area contributed by atoms with E-state index in [1.807, 2.05) is 0 Å². The van der Waals surface area contributed by atoms with E-state index >= 15 is 0 Å². The number of hydrogen-bond acceptors (Lipinski definition) is 2. The van der Waals surface area contributed by atoms with Crippen molar-refractivity contribution < 1.29 is 0 Å². The number of hydrogen-bond donors (Lipinski definition) is 1. The van der Waals surface area contributed by atoms with Gasteiger partial charge in [0.1, 0.15) is 0 Å². The van der Waals surface area contributed by atoms with Gasteiger partial charge in [0.2, 0.25) is 0 Å². The van der Waals surface area contributed by atoms with Gasteiger partial charge in [-0.1, -0.05) is 13.3 Å². The monoisotopic (exact) mass is 224 g/mol. The van der Waals surface area contributed by atoms with Gasteiger partial charge in [-0.2, -0.15) is 0 Å². The van der Waals surface area contributed by atoms with Gasteiger partial charge in [-0.05, 0) is 64.6 Å². The topological polar surface area (TPSA) is 15.3 Å². The third kappa shape index (κ3) is 3.74. The van der Waals surface area contributed by atoms with Crippen LogP contribution in [-0.2, 0) is 0 Å². The summed E-state index contributed by atoms with van der Waals surface area (Å²) in [6.45, 7) is 8.63. The molecule has 2 fully saturated rings. The van der Waals surface area contributed by atoms with Gasteiger partial charge in [-0.15, -0.1) is 0 Å². The average Bonchev–Trinajstić information content (AvgIpc) is 3.13. The molecule has 0 spiro atoms. The van der Waals surface area contributed by atoms with Crippen molar-refractivity contribution in [3.8, 4) is 0 Å². The molecule has 2 aliphatic rings. The SMILES string of the molecule is CCC1CCN(C(C)CCNC2CC2)CC1. The van der Waals surface area contributed by atoms with Gasteiger partial charge in [0.25, 0.3) is 0 Å². The van der Waals surface area contributed by atoms with Gasteiger partial charge in [0, 0.05) is 12.1 Å². The van der Waals surface area contributed by atoms with E-state index in [1.54, 1.807) is 0 Å². The van der Waals surface area contributed by atoms with Crippen LogP contribution in [0.2, 0.25) is 0 Å². The molecule has 1 unspecified atom stereocenters. The summed E-state index contributed by atoms with van der Waals surface area (Å²) in [5.74, 6) is 1.01. The third-order valence-corrected chi connectivity index (χ3v) is 4.42. The molecule has 1 saturated heterocycles. The molecule has 1 saturated carbocycles. The second kappa shape index (κ2) is 6.02. The van der Waals surface area contributed by atoms with Crippen LogP contribution in [-0.4, -0.2) is 36.6 Å². The molecule has 0 aromatic rings. The van der Waals surface area contributed by atoms with Crippen LogP contribution in [0.25, 0.3) is 0 Å². The summed E-state index contributed by atoms with van der Waals surface area (Å²) >= 11 is 0. The molecule has 0 aromatic heterocycles. The van der Waals surface area contributed by atoms with Crippen LogP contribution in [0.5, 0.6) is 0 Å². The molecule has 1 N–H and O–H groups in total. The average molecular weight is 224 g/mol. The highest BCUT2D eigenvalue weighted by Crippen LogP contribution is 2.22. The molecule has 94 valence electrons. The summed E-state index contributed by atoms with van der Waals surface area (Å²) in [6, 6.07) is 1.65. The van der Waals surface area contributed by atoms with Gasteiger partial charge < -0.3 is 10.2 Å². The predicted octanol–water partition coefficient (Wildman–Crippen LogP) is 2.64. The maximum Gasteiger partial charge on any atom is 0.00790 e. The van der Waals surface area contributed by atoms with E-state index in [0.717, 1.165) is 18.0 Å². The summed E-state index contributed by atoms with van der Waals surface area (Å²) in [4.78, 5) is 2.70. The zero-order chi connectivity index (χ0) is 11.4. The van der Waals surface area contributed by atoms with E-state index in [9.17, 15) is 0 Å². The molecule has 0 radical (unpaired) electrons. The number of likely N-dealkylation sites (tertiary alicyclic amines) is 1. The minimum atomic E-state index is 0.782. The van der Waals surface area contributed by atoms with Crippen molar-refractivity contribution in [2.75, 3.05) is 19.6 Å². The number of rotatable bonds is 6. The quantitative estimate of drug-likeness (QED) is 0.746. The maximum absolute atomic E-state index is 3.62. The molecule has 0 aromatic carbocycles. The molecular formula is C14H28N2. The third-order valence-electron chi connectivity index (χ3n) is 4.42. The lowest BCUT2D eigenvalue weighted by molar-refractivity contribution is 0.133. The van der Waals surface area contributed by atoms with Crippen LogP contribution in [0, 0.1) is 5.92 Å². The molecular weight excluding hydrogens is 196 g/mol. The van der Waals surface area contributed by atoms with Crippen LogP contribution >= 0.6 is 0 Å². The zero-order valence-electron chi connectivity index (χ0n) is 11.0. The molecule has 0 bridgehead atoms. The van der Waals surface area contributed by atoms with Crippen molar-refractivity contribution in [2.45, 2.75) is 64.5 Å². The zero-order valence-corrected chi connectivity index (χ0v) is 11.0. The Morgan fingerprint density at radius 2 is 1.88 bits per heavy atom. The van der Waals surface area contributed by atoms with Crippen molar-refractivity contribution in [1.82, 2.24) is 10.2 Å². The van der Waals surface area contributed by atoms with E-state index in [2.05, 4.69) is 24.1 Å². The highest BCUT2D eigenvalue weighted by Gasteiger charge is 2.23. The lowest BCUT2D eigenvalue weighted by atomic mass is 9.93. The van der Waals surface area contributed by atoms with E-state index in [-0.39, 0.29) is 0 Å². The minimum Gasteiger partial charge on any atom is -0.314 e. The van der Waals surface area contributed by atoms with Gasteiger partial charge in [0.05, 0.1) is 0 Å². The Balaban J connectivity index is 1.59. The summed E-state index contributed by atoms with van der Waals surface area (Å²) in [5, 5.41) is 3.62. The van der Waals surface area contributed by atoms with Crippen LogP contribution in [0.15, 0.2) is 0 Å². The predicted molar refractivity (Wildman–Crippen MR) is 69.7 cm³/mol. The van der Waals surface area contributed by atoms with Crippen molar-refractivity contribution in [1.29, 1.82) is 0 Å². The molecule has 2 rings (SSSR count). The summed E-state index contributed by atoms with van der Waals surface area (Å²) in [6.07, 6.45) is 8.39. The summed E-state index contributed by atoms with van der Waals surface area (Å²) < 4.78 is 0. The fourth-order valence-electron chi connectivity index (χ4n) is 2.77. The van der Waals surface area contributed by atoms with Crippen molar-refractivity contribution in [2.24, 2.45) is 5.92 Å². The molecule has 1 aliphatic carbocycles. The lowest BCUT2D eigenvalue weighted by Gasteiger charge is -2.35. The Morgan fingerprint density at radius 3 is 2.44 bits per heavy atom. The summed E-state index contributed by atoms with van der Waals surface area (Å²) in [7, 11) is 0. The smallest absolute Gasteiger partial charge is 0.00790 e. The van der Waals surface area contributed by atoms with Crippen LogP contribution in [0.4, 0.5) is 0 Å². The fourth-order valence-corrected chi connectivity index (χ4v) is 2.77. The first-order valence-electron chi connectivity index (χ1n) is 7.27. The van der Waals surface area contributed by atoms with E-state index in [4.69, 9.17) is 0 Å². The fraction of sp³-hybridized carbons (Fsp3) is 1.00. The first kappa shape index (κ1) is 12.4. The molecule has 2 nitrogen and oxygen atoms in total. The second-order valence-corrected chi connectivity index (χ2v) is 5.75. The Bertz CT molecular complexity index is 193. The largest absolute Gasteiger partial charge is 0.314 e.